The van der Waals surface area contributed by atoms with Gasteiger partial charge in [-0.3, -0.25) is 9.69 Å². The molecule has 0 bridgehead atoms. The Morgan fingerprint density at radius 3 is 2.54 bits per heavy atom. The molecule has 1 fully saturated rings. The zero-order valence-electron chi connectivity index (χ0n) is 22.8. The molecule has 2 aromatic carbocycles. The number of nitrogens with one attached hydrogen (secondary N) is 1. The molecular formula is C30H33N7O2. The van der Waals surface area contributed by atoms with E-state index in [0.29, 0.717) is 17.9 Å². The second-order valence-corrected chi connectivity index (χ2v) is 10.6. The third-order valence-electron chi connectivity index (χ3n) is 7.71. The van der Waals surface area contributed by atoms with Crippen LogP contribution in [0, 0.1) is 27.7 Å². The van der Waals surface area contributed by atoms with E-state index in [9.17, 15) is 4.79 Å². The third-order valence-corrected chi connectivity index (χ3v) is 7.71. The van der Waals surface area contributed by atoms with E-state index in [0.717, 1.165) is 54.0 Å². The average Bonchev–Trinajstić information content (AvgIpc) is 3.59. The SMILES string of the molecule is Cc1ccc(C)c(N2CCN(C(c3cc4c(C)cc(C)cc4[nH]c3=O)c3nnnn3Cc3ccco3)CC2)c1. The fourth-order valence-electron chi connectivity index (χ4n) is 5.74. The Labute approximate surface area is 227 Å². The number of benzene rings is 2. The van der Waals surface area contributed by atoms with Crippen LogP contribution in [0.25, 0.3) is 10.9 Å². The summed E-state index contributed by atoms with van der Waals surface area (Å²) >= 11 is 0. The molecule has 0 aliphatic carbocycles. The Bertz CT molecular complexity index is 1680. The molecule has 4 heterocycles. The van der Waals surface area contributed by atoms with Crippen molar-refractivity contribution in [1.29, 1.82) is 0 Å². The van der Waals surface area contributed by atoms with Gasteiger partial charge in [0.2, 0.25) is 0 Å². The van der Waals surface area contributed by atoms with E-state index in [-0.39, 0.29) is 5.56 Å². The summed E-state index contributed by atoms with van der Waals surface area (Å²) < 4.78 is 7.32. The Balaban J connectivity index is 1.40. The van der Waals surface area contributed by atoms with Crippen LogP contribution in [-0.4, -0.2) is 56.3 Å². The van der Waals surface area contributed by atoms with Crippen LogP contribution in [0.5, 0.6) is 0 Å². The van der Waals surface area contributed by atoms with Gasteiger partial charge >= 0.3 is 0 Å². The van der Waals surface area contributed by atoms with Gasteiger partial charge in [0.15, 0.2) is 5.82 Å². The van der Waals surface area contributed by atoms with Crippen LogP contribution in [0.4, 0.5) is 5.69 Å². The van der Waals surface area contributed by atoms with Gasteiger partial charge in [0.1, 0.15) is 18.3 Å². The Morgan fingerprint density at radius 1 is 0.949 bits per heavy atom. The smallest absolute Gasteiger partial charge is 0.253 e. The van der Waals surface area contributed by atoms with Gasteiger partial charge in [-0.15, -0.1) is 5.10 Å². The molecule has 1 N–H and O–H groups in total. The molecule has 0 amide bonds. The predicted octanol–water partition coefficient (Wildman–Crippen LogP) is 4.30. The van der Waals surface area contributed by atoms with Gasteiger partial charge in [0.25, 0.3) is 5.56 Å². The van der Waals surface area contributed by atoms with Crippen molar-refractivity contribution >= 4 is 16.6 Å². The number of hydrogen-bond donors (Lipinski definition) is 1. The molecule has 1 atom stereocenters. The average molecular weight is 524 g/mol. The highest BCUT2D eigenvalue weighted by Gasteiger charge is 2.33. The Morgan fingerprint density at radius 2 is 1.77 bits per heavy atom. The van der Waals surface area contributed by atoms with E-state index in [1.54, 1.807) is 10.9 Å². The normalized spacial score (nSPS) is 15.2. The van der Waals surface area contributed by atoms with Crippen molar-refractivity contribution in [1.82, 2.24) is 30.1 Å². The highest BCUT2D eigenvalue weighted by molar-refractivity contribution is 5.83. The van der Waals surface area contributed by atoms with Gasteiger partial charge in [-0.05, 0) is 90.7 Å². The van der Waals surface area contributed by atoms with Crippen LogP contribution in [0.1, 0.15) is 45.4 Å². The van der Waals surface area contributed by atoms with Crippen molar-refractivity contribution in [2.45, 2.75) is 40.3 Å². The van der Waals surface area contributed by atoms with Gasteiger partial charge in [0, 0.05) is 48.3 Å². The molecule has 1 aliphatic rings. The van der Waals surface area contributed by atoms with Gasteiger partial charge in [-0.2, -0.15) is 0 Å². The van der Waals surface area contributed by atoms with Crippen molar-refractivity contribution in [3.8, 4) is 0 Å². The number of fused-ring (bicyclic) bond motifs is 1. The molecule has 0 spiro atoms. The van der Waals surface area contributed by atoms with E-state index >= 15 is 0 Å². The molecule has 1 saturated heterocycles. The van der Waals surface area contributed by atoms with Crippen LogP contribution in [0.3, 0.4) is 0 Å². The van der Waals surface area contributed by atoms with Crippen LogP contribution in [0.15, 0.2) is 64.0 Å². The summed E-state index contributed by atoms with van der Waals surface area (Å²) in [4.78, 5) is 21.5. The number of rotatable bonds is 6. The maximum Gasteiger partial charge on any atom is 0.253 e. The number of H-pyrrole nitrogens is 1. The predicted molar refractivity (Wildman–Crippen MR) is 151 cm³/mol. The number of tetrazole rings is 1. The lowest BCUT2D eigenvalue weighted by Gasteiger charge is -2.40. The minimum atomic E-state index is -0.412. The lowest BCUT2D eigenvalue weighted by molar-refractivity contribution is 0.200. The first-order valence-electron chi connectivity index (χ1n) is 13.4. The Hall–Kier alpha value is -4.24. The van der Waals surface area contributed by atoms with E-state index in [2.05, 4.69) is 75.3 Å². The van der Waals surface area contributed by atoms with Crippen LogP contribution < -0.4 is 10.5 Å². The van der Waals surface area contributed by atoms with Crippen molar-refractivity contribution in [3.63, 3.8) is 0 Å². The number of aryl methyl sites for hydroxylation is 4. The number of furan rings is 1. The van der Waals surface area contributed by atoms with Crippen molar-refractivity contribution in [2.75, 3.05) is 31.1 Å². The van der Waals surface area contributed by atoms with E-state index < -0.39 is 6.04 Å². The Kier molecular flexibility index (Phi) is 6.52. The van der Waals surface area contributed by atoms with Crippen LogP contribution in [0.2, 0.25) is 0 Å². The second-order valence-electron chi connectivity index (χ2n) is 10.6. The highest BCUT2D eigenvalue weighted by Crippen LogP contribution is 2.31. The first kappa shape index (κ1) is 25.1. The molecule has 1 unspecified atom stereocenters. The first-order chi connectivity index (χ1) is 18.9. The largest absolute Gasteiger partial charge is 0.467 e. The summed E-state index contributed by atoms with van der Waals surface area (Å²) in [5.41, 5.74) is 7.39. The fourth-order valence-corrected chi connectivity index (χ4v) is 5.74. The van der Waals surface area contributed by atoms with Crippen molar-refractivity contribution in [2.24, 2.45) is 0 Å². The minimum Gasteiger partial charge on any atom is -0.467 e. The summed E-state index contributed by atoms with van der Waals surface area (Å²) in [5.74, 6) is 1.38. The molecule has 0 radical (unpaired) electrons. The minimum absolute atomic E-state index is 0.123. The molecule has 5 aromatic rings. The van der Waals surface area contributed by atoms with E-state index in [1.807, 2.05) is 31.2 Å². The zero-order chi connectivity index (χ0) is 27.1. The fraction of sp³-hybridized carbons (Fsp3) is 0.333. The molecule has 9 heteroatoms. The first-order valence-corrected chi connectivity index (χ1v) is 13.4. The van der Waals surface area contributed by atoms with Gasteiger partial charge in [0.05, 0.1) is 6.26 Å². The summed E-state index contributed by atoms with van der Waals surface area (Å²) in [7, 11) is 0. The van der Waals surface area contributed by atoms with Gasteiger partial charge in [-0.1, -0.05) is 18.2 Å². The lowest BCUT2D eigenvalue weighted by Crippen LogP contribution is -2.49. The van der Waals surface area contributed by atoms with Gasteiger partial charge < -0.3 is 14.3 Å². The maximum atomic E-state index is 13.6. The van der Waals surface area contributed by atoms with E-state index in [4.69, 9.17) is 4.42 Å². The standard InChI is InChI=1S/C30H33N7O2/c1-19-7-8-21(3)27(16-19)35-9-11-36(12-10-35)28(29-32-33-34-37(29)18-23-6-5-13-39-23)25-17-24-22(4)14-20(2)15-26(24)31-30(25)38/h5-8,13-17,28H,9-12,18H2,1-4H3,(H,31,38). The third kappa shape index (κ3) is 4.85. The molecule has 0 saturated carbocycles. The molecule has 1 aliphatic heterocycles. The van der Waals surface area contributed by atoms with Gasteiger partial charge in [-0.25, -0.2) is 4.68 Å². The molecule has 9 nitrogen and oxygen atoms in total. The summed E-state index contributed by atoms with van der Waals surface area (Å²) in [6.45, 7) is 12.0. The monoisotopic (exact) mass is 523 g/mol. The summed E-state index contributed by atoms with van der Waals surface area (Å²) in [6.07, 6.45) is 1.64. The van der Waals surface area contributed by atoms with Crippen molar-refractivity contribution in [3.05, 3.63) is 105 Å². The maximum absolute atomic E-state index is 13.6. The van der Waals surface area contributed by atoms with Crippen LogP contribution in [-0.2, 0) is 6.54 Å². The highest BCUT2D eigenvalue weighted by atomic mass is 16.3. The number of anilines is 1. The topological polar surface area (TPSA) is 96.1 Å². The molecule has 3 aromatic heterocycles. The number of nitrogens with zero attached hydrogens (tertiary/aromatic N) is 6. The van der Waals surface area contributed by atoms with E-state index in [1.165, 1.54) is 16.8 Å². The summed E-state index contributed by atoms with van der Waals surface area (Å²) in [6, 6.07) is 16.1. The molecular weight excluding hydrogens is 490 g/mol. The molecule has 39 heavy (non-hydrogen) atoms. The summed E-state index contributed by atoms with van der Waals surface area (Å²) in [5, 5.41) is 13.8. The number of aromatic amines is 1. The molecule has 6 rings (SSSR count). The quantitative estimate of drug-likeness (QED) is 0.354. The lowest BCUT2D eigenvalue weighted by atomic mass is 9.99. The number of hydrogen-bond acceptors (Lipinski definition) is 7. The number of piperazine rings is 1. The molecule has 200 valence electrons. The van der Waals surface area contributed by atoms with Crippen molar-refractivity contribution < 1.29 is 4.42 Å². The number of aromatic nitrogens is 5. The number of pyridine rings is 1. The zero-order valence-corrected chi connectivity index (χ0v) is 22.8. The second kappa shape index (κ2) is 10.1. The van der Waals surface area contributed by atoms with Crippen LogP contribution >= 0.6 is 0 Å².